The van der Waals surface area contributed by atoms with Crippen LogP contribution >= 0.6 is 27.5 Å². The van der Waals surface area contributed by atoms with Gasteiger partial charge in [-0.25, -0.2) is 4.98 Å². The van der Waals surface area contributed by atoms with Gasteiger partial charge in [0.25, 0.3) is 0 Å². The lowest BCUT2D eigenvalue weighted by atomic mass is 10.3. The molecule has 0 aliphatic heterocycles. The van der Waals surface area contributed by atoms with Gasteiger partial charge in [-0.05, 0) is 27.6 Å². The highest BCUT2D eigenvalue weighted by Gasteiger charge is 1.97. The predicted octanol–water partition coefficient (Wildman–Crippen LogP) is 2.74. The molecule has 0 bridgehead atoms. The van der Waals surface area contributed by atoms with Crippen LogP contribution in [-0.4, -0.2) is 14.8 Å². The van der Waals surface area contributed by atoms with E-state index in [0.29, 0.717) is 11.7 Å². The van der Waals surface area contributed by atoms with Crippen molar-refractivity contribution in [1.29, 1.82) is 0 Å². The van der Waals surface area contributed by atoms with Crippen molar-refractivity contribution >= 4 is 27.5 Å². The summed E-state index contributed by atoms with van der Waals surface area (Å²) in [6.07, 6.45) is 5.41. The molecule has 0 radical (unpaired) electrons. The van der Waals surface area contributed by atoms with Gasteiger partial charge >= 0.3 is 0 Å². The third-order valence-corrected chi connectivity index (χ3v) is 2.37. The lowest BCUT2D eigenvalue weighted by Crippen LogP contribution is -1.99. The summed E-state index contributed by atoms with van der Waals surface area (Å²) in [4.78, 5) is 3.99. The average molecular weight is 273 g/mol. The van der Waals surface area contributed by atoms with Gasteiger partial charge in [0, 0.05) is 12.4 Å². The standard InChI is InChI=1S/C9H7BrClN3/c10-8-4-13-14(6-8)5-7-1-2-9(11)12-3-7/h1-4,6H,5H2. The summed E-state index contributed by atoms with van der Waals surface area (Å²) in [7, 11) is 0. The van der Waals surface area contributed by atoms with Gasteiger partial charge in [0.1, 0.15) is 5.15 Å². The molecule has 2 aromatic rings. The molecule has 0 unspecified atom stereocenters. The van der Waals surface area contributed by atoms with Gasteiger partial charge < -0.3 is 0 Å². The molecule has 0 N–H and O–H groups in total. The molecule has 2 rings (SSSR count). The maximum Gasteiger partial charge on any atom is 0.129 e. The molecule has 2 aromatic heterocycles. The quantitative estimate of drug-likeness (QED) is 0.787. The fraction of sp³-hybridized carbons (Fsp3) is 0.111. The maximum absolute atomic E-state index is 5.68. The molecule has 2 heterocycles. The van der Waals surface area contributed by atoms with E-state index in [4.69, 9.17) is 11.6 Å². The van der Waals surface area contributed by atoms with E-state index in [-0.39, 0.29) is 0 Å². The molecule has 72 valence electrons. The Morgan fingerprint density at radius 3 is 2.79 bits per heavy atom. The Bertz CT molecular complexity index is 424. The number of rotatable bonds is 2. The Hall–Kier alpha value is -0.870. The van der Waals surface area contributed by atoms with Gasteiger partial charge in [0.05, 0.1) is 17.2 Å². The summed E-state index contributed by atoms with van der Waals surface area (Å²) in [6, 6.07) is 3.71. The van der Waals surface area contributed by atoms with Gasteiger partial charge in [0.15, 0.2) is 0 Å². The zero-order valence-electron chi connectivity index (χ0n) is 7.19. The van der Waals surface area contributed by atoms with Gasteiger partial charge in [-0.15, -0.1) is 0 Å². The molecule has 0 fully saturated rings. The maximum atomic E-state index is 5.68. The minimum absolute atomic E-state index is 0.510. The zero-order chi connectivity index (χ0) is 9.97. The van der Waals surface area contributed by atoms with Gasteiger partial charge in [0.2, 0.25) is 0 Å². The summed E-state index contributed by atoms with van der Waals surface area (Å²) in [5.41, 5.74) is 1.07. The topological polar surface area (TPSA) is 30.7 Å². The molecule has 0 saturated carbocycles. The van der Waals surface area contributed by atoms with Crippen LogP contribution < -0.4 is 0 Å². The second kappa shape index (κ2) is 4.11. The fourth-order valence-electron chi connectivity index (χ4n) is 1.11. The first-order valence-electron chi connectivity index (χ1n) is 4.02. The number of nitrogens with zero attached hydrogens (tertiary/aromatic N) is 3. The van der Waals surface area contributed by atoms with E-state index >= 15 is 0 Å². The minimum atomic E-state index is 0.510. The number of halogens is 2. The van der Waals surface area contributed by atoms with Crippen LogP contribution in [0.4, 0.5) is 0 Å². The van der Waals surface area contributed by atoms with Gasteiger partial charge in [-0.3, -0.25) is 4.68 Å². The fourth-order valence-corrected chi connectivity index (χ4v) is 1.55. The van der Waals surface area contributed by atoms with E-state index < -0.39 is 0 Å². The monoisotopic (exact) mass is 271 g/mol. The van der Waals surface area contributed by atoms with Crippen LogP contribution in [-0.2, 0) is 6.54 Å². The third kappa shape index (κ3) is 2.33. The van der Waals surface area contributed by atoms with Crippen LogP contribution in [0.3, 0.4) is 0 Å². The number of aromatic nitrogens is 3. The molecular formula is C9H7BrClN3. The lowest BCUT2D eigenvalue weighted by molar-refractivity contribution is 0.684. The van der Waals surface area contributed by atoms with Crippen molar-refractivity contribution in [2.75, 3.05) is 0 Å². The Morgan fingerprint density at radius 1 is 1.36 bits per heavy atom. The molecule has 0 amide bonds. The van der Waals surface area contributed by atoms with Crippen molar-refractivity contribution in [3.8, 4) is 0 Å². The SMILES string of the molecule is Clc1ccc(Cn2cc(Br)cn2)cn1. The van der Waals surface area contributed by atoms with Crippen molar-refractivity contribution in [1.82, 2.24) is 14.8 Å². The first kappa shape index (κ1) is 9.68. The first-order chi connectivity index (χ1) is 6.74. The van der Waals surface area contributed by atoms with Crippen LogP contribution in [0.5, 0.6) is 0 Å². The Balaban J connectivity index is 2.15. The van der Waals surface area contributed by atoms with Crippen molar-refractivity contribution < 1.29 is 0 Å². The molecule has 0 saturated heterocycles. The summed E-state index contributed by atoms with van der Waals surface area (Å²) >= 11 is 9.01. The highest BCUT2D eigenvalue weighted by Crippen LogP contribution is 2.09. The highest BCUT2D eigenvalue weighted by atomic mass is 79.9. The normalized spacial score (nSPS) is 10.4. The summed E-state index contributed by atoms with van der Waals surface area (Å²) in [5, 5.41) is 4.65. The second-order valence-electron chi connectivity index (χ2n) is 2.85. The van der Waals surface area contributed by atoms with Crippen LogP contribution in [0.1, 0.15) is 5.56 Å². The van der Waals surface area contributed by atoms with E-state index in [1.165, 1.54) is 0 Å². The van der Waals surface area contributed by atoms with Crippen LogP contribution in [0.25, 0.3) is 0 Å². The summed E-state index contributed by atoms with van der Waals surface area (Å²) < 4.78 is 2.80. The van der Waals surface area contributed by atoms with Crippen LogP contribution in [0, 0.1) is 0 Å². The largest absolute Gasteiger partial charge is 0.267 e. The smallest absolute Gasteiger partial charge is 0.129 e. The Labute approximate surface area is 94.9 Å². The summed E-state index contributed by atoms with van der Waals surface area (Å²) in [5.74, 6) is 0. The molecule has 0 aliphatic carbocycles. The Morgan fingerprint density at radius 2 is 2.21 bits per heavy atom. The predicted molar refractivity (Wildman–Crippen MR) is 58.3 cm³/mol. The van der Waals surface area contributed by atoms with E-state index in [1.54, 1.807) is 18.5 Å². The molecular weight excluding hydrogens is 265 g/mol. The number of hydrogen-bond donors (Lipinski definition) is 0. The molecule has 5 heteroatoms. The van der Waals surface area contributed by atoms with Gasteiger partial charge in [-0.2, -0.15) is 5.10 Å². The van der Waals surface area contributed by atoms with E-state index in [9.17, 15) is 0 Å². The zero-order valence-corrected chi connectivity index (χ0v) is 9.53. The van der Waals surface area contributed by atoms with E-state index in [2.05, 4.69) is 26.0 Å². The number of pyridine rings is 1. The molecule has 0 aromatic carbocycles. The third-order valence-electron chi connectivity index (χ3n) is 1.73. The number of hydrogen-bond acceptors (Lipinski definition) is 2. The molecule has 0 aliphatic rings. The molecule has 14 heavy (non-hydrogen) atoms. The van der Waals surface area contributed by atoms with Crippen LogP contribution in [0.2, 0.25) is 5.15 Å². The first-order valence-corrected chi connectivity index (χ1v) is 5.19. The van der Waals surface area contributed by atoms with Gasteiger partial charge in [-0.1, -0.05) is 17.7 Å². The van der Waals surface area contributed by atoms with Crippen molar-refractivity contribution in [2.24, 2.45) is 0 Å². The van der Waals surface area contributed by atoms with Crippen LogP contribution in [0.15, 0.2) is 35.2 Å². The van der Waals surface area contributed by atoms with Crippen molar-refractivity contribution in [2.45, 2.75) is 6.54 Å². The molecule has 0 atom stereocenters. The lowest BCUT2D eigenvalue weighted by Gasteiger charge is -2.00. The molecule has 3 nitrogen and oxygen atoms in total. The van der Waals surface area contributed by atoms with Crippen molar-refractivity contribution in [3.05, 3.63) is 45.9 Å². The molecule has 0 spiro atoms. The van der Waals surface area contributed by atoms with E-state index in [1.807, 2.05) is 16.9 Å². The summed E-state index contributed by atoms with van der Waals surface area (Å²) in [6.45, 7) is 0.704. The average Bonchev–Trinajstić information content (AvgIpc) is 2.56. The van der Waals surface area contributed by atoms with Crippen molar-refractivity contribution in [3.63, 3.8) is 0 Å². The minimum Gasteiger partial charge on any atom is -0.267 e. The second-order valence-corrected chi connectivity index (χ2v) is 4.15. The highest BCUT2D eigenvalue weighted by molar-refractivity contribution is 9.10. The Kier molecular flexibility index (Phi) is 2.84. The van der Waals surface area contributed by atoms with E-state index in [0.717, 1.165) is 10.0 Å².